The van der Waals surface area contributed by atoms with Gasteiger partial charge in [0, 0.05) is 17.0 Å². The largest absolute Gasteiger partial charge is 0.469 e. The van der Waals surface area contributed by atoms with E-state index in [0.29, 0.717) is 4.47 Å². The zero-order valence-corrected chi connectivity index (χ0v) is 13.6. The van der Waals surface area contributed by atoms with Crippen molar-refractivity contribution in [1.29, 1.82) is 0 Å². The van der Waals surface area contributed by atoms with E-state index in [-0.39, 0.29) is 24.2 Å². The van der Waals surface area contributed by atoms with Crippen LogP contribution < -0.4 is 5.32 Å². The summed E-state index contributed by atoms with van der Waals surface area (Å²) in [6, 6.07) is 3.49. The maximum atomic E-state index is 11.7. The van der Waals surface area contributed by atoms with Crippen LogP contribution in [0.15, 0.2) is 22.7 Å². The summed E-state index contributed by atoms with van der Waals surface area (Å²) in [7, 11) is 2.44. The lowest BCUT2D eigenvalue weighted by Crippen LogP contribution is -2.31. The topological polar surface area (TPSA) is 108 Å². The maximum absolute atomic E-state index is 11.7. The zero-order valence-electron chi connectivity index (χ0n) is 12.0. The quantitative estimate of drug-likeness (QED) is 0.442. The number of hydrogen-bond donors (Lipinski definition) is 1. The Morgan fingerprint density at radius 1 is 1.36 bits per heavy atom. The predicted molar refractivity (Wildman–Crippen MR) is 81.5 cm³/mol. The highest BCUT2D eigenvalue weighted by atomic mass is 79.9. The van der Waals surface area contributed by atoms with Gasteiger partial charge in [-0.25, -0.2) is 4.79 Å². The third-order valence-corrected chi connectivity index (χ3v) is 3.33. The van der Waals surface area contributed by atoms with E-state index in [4.69, 9.17) is 0 Å². The minimum absolute atomic E-state index is 0.0202. The van der Waals surface area contributed by atoms with Crippen LogP contribution in [0.3, 0.4) is 0 Å². The average Bonchev–Trinajstić information content (AvgIpc) is 2.51. The van der Waals surface area contributed by atoms with Gasteiger partial charge in [0.15, 0.2) is 0 Å². The predicted octanol–water partition coefficient (Wildman–Crippen LogP) is 2.26. The molecule has 0 amide bonds. The van der Waals surface area contributed by atoms with Crippen molar-refractivity contribution in [3.8, 4) is 0 Å². The highest BCUT2D eigenvalue weighted by Gasteiger charge is 2.24. The first-order valence-corrected chi connectivity index (χ1v) is 7.03. The van der Waals surface area contributed by atoms with Crippen LogP contribution in [0.1, 0.15) is 12.8 Å². The molecule has 1 N–H and O–H groups in total. The molecule has 0 fully saturated rings. The summed E-state index contributed by atoms with van der Waals surface area (Å²) in [6.07, 6.45) is 0.0696. The standard InChI is InChI=1S/C13H15BrN2O6/c1-21-12(17)6-5-10(13(18)22-2)15-9-4-3-8(14)7-11(9)16(19)20/h3-4,7,10,15H,5-6H2,1-2H3/t10-/m0/s1. The summed E-state index contributed by atoms with van der Waals surface area (Å²) in [5.74, 6) is -1.11. The third kappa shape index (κ3) is 4.99. The Labute approximate surface area is 135 Å². The van der Waals surface area contributed by atoms with E-state index in [1.165, 1.54) is 26.4 Å². The summed E-state index contributed by atoms with van der Waals surface area (Å²) < 4.78 is 9.69. The van der Waals surface area contributed by atoms with Gasteiger partial charge in [0.1, 0.15) is 11.7 Å². The Balaban J connectivity index is 2.96. The molecule has 0 aromatic heterocycles. The Morgan fingerprint density at radius 3 is 2.59 bits per heavy atom. The van der Waals surface area contributed by atoms with Gasteiger partial charge in [0.05, 0.1) is 19.1 Å². The van der Waals surface area contributed by atoms with Gasteiger partial charge in [-0.15, -0.1) is 0 Å². The van der Waals surface area contributed by atoms with Crippen molar-refractivity contribution >= 4 is 39.2 Å². The van der Waals surface area contributed by atoms with Crippen LogP contribution >= 0.6 is 15.9 Å². The molecule has 1 atom stereocenters. The van der Waals surface area contributed by atoms with Crippen molar-refractivity contribution in [3.63, 3.8) is 0 Å². The smallest absolute Gasteiger partial charge is 0.328 e. The van der Waals surface area contributed by atoms with E-state index >= 15 is 0 Å². The third-order valence-electron chi connectivity index (χ3n) is 2.84. The van der Waals surface area contributed by atoms with E-state index in [9.17, 15) is 19.7 Å². The van der Waals surface area contributed by atoms with Crippen LogP contribution in [0.5, 0.6) is 0 Å². The minimum atomic E-state index is -0.899. The minimum Gasteiger partial charge on any atom is -0.469 e. The summed E-state index contributed by atoms with van der Waals surface area (Å²) in [6.45, 7) is 0. The number of nitro groups is 1. The van der Waals surface area contributed by atoms with E-state index < -0.39 is 22.9 Å². The van der Waals surface area contributed by atoms with Crippen LogP contribution in [0.2, 0.25) is 0 Å². The van der Waals surface area contributed by atoms with Crippen molar-refractivity contribution in [2.24, 2.45) is 0 Å². The van der Waals surface area contributed by atoms with Gasteiger partial charge in [-0.05, 0) is 18.6 Å². The zero-order chi connectivity index (χ0) is 16.7. The fraction of sp³-hybridized carbons (Fsp3) is 0.385. The molecule has 0 aliphatic carbocycles. The number of ether oxygens (including phenoxy) is 2. The molecule has 0 radical (unpaired) electrons. The lowest BCUT2D eigenvalue weighted by atomic mass is 10.1. The summed E-state index contributed by atoms with van der Waals surface area (Å²) in [5, 5.41) is 13.8. The summed E-state index contributed by atoms with van der Waals surface area (Å²) >= 11 is 3.15. The number of hydrogen-bond acceptors (Lipinski definition) is 7. The first-order valence-electron chi connectivity index (χ1n) is 6.24. The molecule has 120 valence electrons. The molecule has 1 aromatic carbocycles. The number of benzene rings is 1. The van der Waals surface area contributed by atoms with E-state index in [2.05, 4.69) is 30.7 Å². The summed E-state index contributed by atoms with van der Waals surface area (Å²) in [4.78, 5) is 33.4. The number of halogens is 1. The van der Waals surface area contributed by atoms with Crippen molar-refractivity contribution in [1.82, 2.24) is 0 Å². The van der Waals surface area contributed by atoms with Gasteiger partial charge in [0.25, 0.3) is 5.69 Å². The average molecular weight is 375 g/mol. The molecule has 0 unspecified atom stereocenters. The number of nitrogens with zero attached hydrogens (tertiary/aromatic N) is 1. The molecule has 8 nitrogen and oxygen atoms in total. The second-order valence-electron chi connectivity index (χ2n) is 4.25. The van der Waals surface area contributed by atoms with Crippen LogP contribution in [0.25, 0.3) is 0 Å². The van der Waals surface area contributed by atoms with Crippen molar-refractivity contribution in [3.05, 3.63) is 32.8 Å². The normalized spacial score (nSPS) is 11.4. The van der Waals surface area contributed by atoms with Crippen LogP contribution in [-0.4, -0.2) is 37.1 Å². The maximum Gasteiger partial charge on any atom is 0.328 e. The SMILES string of the molecule is COC(=O)CC[C@H](Nc1ccc(Br)cc1[N+](=O)[O-])C(=O)OC. The number of esters is 2. The molecular weight excluding hydrogens is 360 g/mol. The van der Waals surface area contributed by atoms with Crippen LogP contribution in [0.4, 0.5) is 11.4 Å². The van der Waals surface area contributed by atoms with Crippen molar-refractivity contribution < 1.29 is 24.0 Å². The lowest BCUT2D eigenvalue weighted by molar-refractivity contribution is -0.384. The number of methoxy groups -OCH3 is 2. The van der Waals surface area contributed by atoms with Gasteiger partial charge in [0.2, 0.25) is 0 Å². The fourth-order valence-electron chi connectivity index (χ4n) is 1.72. The molecular formula is C13H15BrN2O6. The Bertz CT molecular complexity index is 578. The first kappa shape index (κ1) is 17.9. The Morgan fingerprint density at radius 2 is 2.05 bits per heavy atom. The number of nitrogens with one attached hydrogen (secondary N) is 1. The van der Waals surface area contributed by atoms with Crippen molar-refractivity contribution in [2.45, 2.75) is 18.9 Å². The van der Waals surface area contributed by atoms with Gasteiger partial charge in [-0.1, -0.05) is 15.9 Å². The molecule has 0 spiro atoms. The molecule has 1 aromatic rings. The fourth-order valence-corrected chi connectivity index (χ4v) is 2.07. The molecule has 9 heteroatoms. The van der Waals surface area contributed by atoms with Gasteiger partial charge in [-0.3, -0.25) is 14.9 Å². The molecule has 1 rings (SSSR count). The molecule has 22 heavy (non-hydrogen) atoms. The second-order valence-corrected chi connectivity index (χ2v) is 5.17. The van der Waals surface area contributed by atoms with Crippen LogP contribution in [-0.2, 0) is 19.1 Å². The number of rotatable bonds is 7. The van der Waals surface area contributed by atoms with Crippen molar-refractivity contribution in [2.75, 3.05) is 19.5 Å². The van der Waals surface area contributed by atoms with Gasteiger partial charge in [-0.2, -0.15) is 0 Å². The molecule has 0 saturated carbocycles. The molecule has 0 aliphatic heterocycles. The first-order chi connectivity index (χ1) is 10.4. The van der Waals surface area contributed by atoms with E-state index in [0.717, 1.165) is 0 Å². The van der Waals surface area contributed by atoms with Gasteiger partial charge < -0.3 is 14.8 Å². The number of carbonyl (C=O) groups is 2. The van der Waals surface area contributed by atoms with E-state index in [1.807, 2.05) is 0 Å². The molecule has 0 aliphatic rings. The molecule has 0 heterocycles. The molecule has 0 saturated heterocycles. The van der Waals surface area contributed by atoms with Crippen LogP contribution in [0, 0.1) is 10.1 Å². The Hall–Kier alpha value is -2.16. The second kappa shape index (κ2) is 8.32. The lowest BCUT2D eigenvalue weighted by Gasteiger charge is -2.17. The monoisotopic (exact) mass is 374 g/mol. The highest BCUT2D eigenvalue weighted by molar-refractivity contribution is 9.10. The van der Waals surface area contributed by atoms with Gasteiger partial charge >= 0.3 is 11.9 Å². The Kier molecular flexibility index (Phi) is 6.77. The highest BCUT2D eigenvalue weighted by Crippen LogP contribution is 2.29. The number of carbonyl (C=O) groups excluding carboxylic acids is 2. The number of nitro benzene ring substituents is 1. The molecule has 0 bridgehead atoms. The van der Waals surface area contributed by atoms with E-state index in [1.54, 1.807) is 6.07 Å². The summed E-state index contributed by atoms with van der Waals surface area (Å²) in [5.41, 5.74) is -0.0326. The number of anilines is 1.